The van der Waals surface area contributed by atoms with Gasteiger partial charge in [0.15, 0.2) is 11.5 Å². The zero-order valence-corrected chi connectivity index (χ0v) is 30.3. The van der Waals surface area contributed by atoms with Gasteiger partial charge < -0.3 is 4.57 Å². The summed E-state index contributed by atoms with van der Waals surface area (Å²) in [5.41, 5.74) is 11.2. The monoisotopic (exact) mass is 712 g/mol. The fourth-order valence-corrected chi connectivity index (χ4v) is 8.84. The maximum Gasteiger partial charge on any atom is 0.169 e. The topological polar surface area (TPSA) is 35.1 Å². The highest BCUT2D eigenvalue weighted by atomic mass is 15.2. The number of pyridine rings is 1. The van der Waals surface area contributed by atoms with Crippen molar-refractivity contribution in [1.82, 2.24) is 19.2 Å². The van der Waals surface area contributed by atoms with Crippen molar-refractivity contribution in [3.05, 3.63) is 194 Å². The molecule has 0 unspecified atom stereocenters. The SMILES string of the molecule is c1ccc2cc(-c3ccc4c(c3)c3cc(-c5ccc6ccccc6c5)ccc3n4-c3ccc(-c4nnc5c6ccccc6c6ccccc6n45)cc3)ccc2c1. The summed E-state index contributed by atoms with van der Waals surface area (Å²) in [4.78, 5) is 0. The molecule has 0 aliphatic rings. The molecular formula is C52H32N4. The van der Waals surface area contributed by atoms with Crippen LogP contribution in [0.4, 0.5) is 0 Å². The van der Waals surface area contributed by atoms with Crippen molar-refractivity contribution in [2.45, 2.75) is 0 Å². The van der Waals surface area contributed by atoms with Crippen LogP contribution in [0.1, 0.15) is 0 Å². The number of benzene rings is 9. The molecule has 3 aromatic heterocycles. The highest BCUT2D eigenvalue weighted by Crippen LogP contribution is 2.39. The zero-order valence-electron chi connectivity index (χ0n) is 30.3. The second kappa shape index (κ2) is 12.0. The smallest absolute Gasteiger partial charge is 0.169 e. The van der Waals surface area contributed by atoms with Crippen LogP contribution >= 0.6 is 0 Å². The van der Waals surface area contributed by atoms with Gasteiger partial charge in [0.2, 0.25) is 0 Å². The van der Waals surface area contributed by atoms with Crippen LogP contribution in [-0.2, 0) is 0 Å². The van der Waals surface area contributed by atoms with Crippen molar-refractivity contribution >= 4 is 70.7 Å². The van der Waals surface area contributed by atoms with E-state index in [9.17, 15) is 0 Å². The van der Waals surface area contributed by atoms with Crippen LogP contribution in [0.15, 0.2) is 194 Å². The Kier molecular flexibility index (Phi) is 6.60. The first-order valence-electron chi connectivity index (χ1n) is 19.1. The Morgan fingerprint density at radius 3 is 1.41 bits per heavy atom. The summed E-state index contributed by atoms with van der Waals surface area (Å²) in [7, 11) is 0. The average molecular weight is 713 g/mol. The predicted molar refractivity (Wildman–Crippen MR) is 234 cm³/mol. The number of fused-ring (bicyclic) bond motifs is 11. The highest BCUT2D eigenvalue weighted by Gasteiger charge is 2.18. The lowest BCUT2D eigenvalue weighted by molar-refractivity contribution is 1.11. The van der Waals surface area contributed by atoms with E-state index in [0.717, 1.165) is 33.6 Å². The van der Waals surface area contributed by atoms with Crippen LogP contribution in [0.5, 0.6) is 0 Å². The van der Waals surface area contributed by atoms with Crippen LogP contribution in [-0.4, -0.2) is 19.2 Å². The molecule has 0 aliphatic carbocycles. The molecular weight excluding hydrogens is 681 g/mol. The fourth-order valence-electron chi connectivity index (χ4n) is 8.84. The van der Waals surface area contributed by atoms with Gasteiger partial charge in [-0.15, -0.1) is 10.2 Å². The molecule has 260 valence electrons. The Bertz CT molecular complexity index is 3400. The van der Waals surface area contributed by atoms with Gasteiger partial charge in [0.25, 0.3) is 0 Å². The number of rotatable bonds is 4. The van der Waals surface area contributed by atoms with Crippen molar-refractivity contribution in [3.8, 4) is 39.3 Å². The normalized spacial score (nSPS) is 11.9. The molecule has 12 aromatic rings. The molecule has 0 N–H and O–H groups in total. The van der Waals surface area contributed by atoms with E-state index in [1.165, 1.54) is 76.4 Å². The van der Waals surface area contributed by atoms with Crippen molar-refractivity contribution in [3.63, 3.8) is 0 Å². The first-order valence-corrected chi connectivity index (χ1v) is 19.1. The predicted octanol–water partition coefficient (Wildman–Crippen LogP) is 13.4. The highest BCUT2D eigenvalue weighted by molar-refractivity contribution is 6.13. The minimum absolute atomic E-state index is 0.829. The van der Waals surface area contributed by atoms with Crippen molar-refractivity contribution < 1.29 is 0 Å². The summed E-state index contributed by atoms with van der Waals surface area (Å²) < 4.78 is 4.60. The molecule has 0 saturated heterocycles. The maximum atomic E-state index is 4.78. The third-order valence-corrected chi connectivity index (χ3v) is 11.6. The van der Waals surface area contributed by atoms with Gasteiger partial charge in [-0.1, -0.05) is 127 Å². The van der Waals surface area contributed by atoms with Gasteiger partial charge in [-0.25, -0.2) is 0 Å². The minimum atomic E-state index is 0.829. The molecule has 0 atom stereocenters. The van der Waals surface area contributed by atoms with E-state index >= 15 is 0 Å². The number of hydrogen-bond donors (Lipinski definition) is 0. The molecule has 0 bridgehead atoms. The summed E-state index contributed by atoms with van der Waals surface area (Å²) in [5, 5.41) is 20.4. The van der Waals surface area contributed by atoms with E-state index in [-0.39, 0.29) is 0 Å². The molecule has 56 heavy (non-hydrogen) atoms. The van der Waals surface area contributed by atoms with Crippen molar-refractivity contribution in [1.29, 1.82) is 0 Å². The van der Waals surface area contributed by atoms with E-state index < -0.39 is 0 Å². The summed E-state index contributed by atoms with van der Waals surface area (Å²) in [6.45, 7) is 0. The Labute approximate surface area is 322 Å². The van der Waals surface area contributed by atoms with Crippen LogP contribution in [0.2, 0.25) is 0 Å². The van der Waals surface area contributed by atoms with Gasteiger partial charge in [-0.2, -0.15) is 0 Å². The molecule has 9 aromatic carbocycles. The first-order chi connectivity index (χ1) is 27.7. The molecule has 0 aliphatic heterocycles. The van der Waals surface area contributed by atoms with Crippen molar-refractivity contribution in [2.75, 3.05) is 0 Å². The molecule has 0 fully saturated rings. The fraction of sp³-hybridized carbons (Fsp3) is 0. The van der Waals surface area contributed by atoms with Crippen LogP contribution in [0.25, 0.3) is 110 Å². The van der Waals surface area contributed by atoms with Gasteiger partial charge in [-0.05, 0) is 116 Å². The van der Waals surface area contributed by atoms with Crippen LogP contribution in [0, 0.1) is 0 Å². The van der Waals surface area contributed by atoms with Crippen LogP contribution in [0.3, 0.4) is 0 Å². The second-order valence-corrected chi connectivity index (χ2v) is 14.7. The van der Waals surface area contributed by atoms with E-state index in [4.69, 9.17) is 10.2 Å². The lowest BCUT2D eigenvalue weighted by atomic mass is 9.98. The summed E-state index contributed by atoms with van der Waals surface area (Å²) in [6, 6.07) is 70.3. The van der Waals surface area contributed by atoms with Gasteiger partial charge >= 0.3 is 0 Å². The Balaban J connectivity index is 1.04. The van der Waals surface area contributed by atoms with Crippen LogP contribution < -0.4 is 0 Å². The third kappa shape index (κ3) is 4.66. The second-order valence-electron chi connectivity index (χ2n) is 14.7. The maximum absolute atomic E-state index is 4.78. The number of hydrogen-bond acceptors (Lipinski definition) is 2. The number of nitrogens with zero attached hydrogens (tertiary/aromatic N) is 4. The van der Waals surface area contributed by atoms with Gasteiger partial charge in [0, 0.05) is 32.8 Å². The van der Waals surface area contributed by atoms with Gasteiger partial charge in [0.1, 0.15) is 0 Å². The standard InChI is InChI=1S/C52H32N4/c1-3-11-36-29-38(19-17-33(36)9-1)40-23-27-49-46(31-40)47-32-41(39-20-18-34-10-2-4-12-37(34)30-39)24-28-50(47)55(49)42-25-21-35(22-26-42)51-53-54-52-45-15-6-5-13-43(45)44-14-7-8-16-48(44)56(51)52/h1-32H. The van der Waals surface area contributed by atoms with E-state index in [2.05, 4.69) is 203 Å². The lowest BCUT2D eigenvalue weighted by Crippen LogP contribution is -1.96. The quantitative estimate of drug-likeness (QED) is 0.170. The molecule has 0 saturated carbocycles. The molecule has 3 heterocycles. The first kappa shape index (κ1) is 30.9. The molecule has 4 nitrogen and oxygen atoms in total. The summed E-state index contributed by atoms with van der Waals surface area (Å²) in [6.07, 6.45) is 0. The number of aromatic nitrogens is 4. The molecule has 0 radical (unpaired) electrons. The summed E-state index contributed by atoms with van der Waals surface area (Å²) in [5.74, 6) is 0.829. The molecule has 12 rings (SSSR count). The lowest BCUT2D eigenvalue weighted by Gasteiger charge is -2.11. The largest absolute Gasteiger partial charge is 0.309 e. The molecule has 0 amide bonds. The van der Waals surface area contributed by atoms with Gasteiger partial charge in [-0.3, -0.25) is 4.40 Å². The average Bonchev–Trinajstić information content (AvgIpc) is 3.86. The molecule has 4 heteroatoms. The van der Waals surface area contributed by atoms with E-state index in [1.54, 1.807) is 0 Å². The number of para-hydroxylation sites is 1. The van der Waals surface area contributed by atoms with Gasteiger partial charge in [0.05, 0.1) is 16.6 Å². The van der Waals surface area contributed by atoms with E-state index in [0.29, 0.717) is 0 Å². The summed E-state index contributed by atoms with van der Waals surface area (Å²) >= 11 is 0. The Morgan fingerprint density at radius 1 is 0.304 bits per heavy atom. The Hall–Kier alpha value is -7.56. The Morgan fingerprint density at radius 2 is 0.786 bits per heavy atom. The zero-order chi connectivity index (χ0) is 36.7. The third-order valence-electron chi connectivity index (χ3n) is 11.6. The molecule has 0 spiro atoms. The van der Waals surface area contributed by atoms with E-state index in [1.807, 2.05) is 0 Å². The minimum Gasteiger partial charge on any atom is -0.309 e. The van der Waals surface area contributed by atoms with Crippen molar-refractivity contribution in [2.24, 2.45) is 0 Å².